The molecule has 0 N–H and O–H groups in total. The lowest BCUT2D eigenvalue weighted by Crippen LogP contribution is -2.25. The maximum Gasteiger partial charge on any atom is 0.586 e. The van der Waals surface area contributed by atoms with Gasteiger partial charge in [0.25, 0.3) is 10.0 Å². The lowest BCUT2D eigenvalue weighted by atomic mass is 10.3. The first kappa shape index (κ1) is 14.8. The molecule has 1 aliphatic rings. The maximum absolute atomic E-state index is 13.1. The summed E-state index contributed by atoms with van der Waals surface area (Å²) in [4.78, 5) is -0.169. The monoisotopic (exact) mass is 358 g/mol. The van der Waals surface area contributed by atoms with Crippen LogP contribution in [0.5, 0.6) is 11.5 Å². The van der Waals surface area contributed by atoms with Crippen molar-refractivity contribution in [3.05, 3.63) is 23.6 Å². The van der Waals surface area contributed by atoms with Crippen LogP contribution in [-0.2, 0) is 10.0 Å². The molecule has 0 unspecified atom stereocenters. The molecule has 3 heterocycles. The highest BCUT2D eigenvalue weighted by molar-refractivity contribution is 7.90. The van der Waals surface area contributed by atoms with Gasteiger partial charge in [0.1, 0.15) is 16.7 Å². The molecule has 4 rings (SSSR count). The smallest absolute Gasteiger partial charge is 0.395 e. The van der Waals surface area contributed by atoms with Crippen molar-refractivity contribution in [3.63, 3.8) is 0 Å². The Labute approximate surface area is 132 Å². The Morgan fingerprint density at radius 2 is 1.83 bits per heavy atom. The largest absolute Gasteiger partial charge is 0.586 e. The van der Waals surface area contributed by atoms with Crippen molar-refractivity contribution < 1.29 is 31.2 Å². The third kappa shape index (κ3) is 1.95. The lowest BCUT2D eigenvalue weighted by molar-refractivity contribution is -0.286. The number of hydrogen-bond acceptors (Lipinski definition) is 8. The number of aromatic nitrogens is 4. The molecule has 1 aliphatic heterocycles. The molecule has 0 atom stereocenters. The topological polar surface area (TPSA) is 109 Å². The number of alkyl halides is 2. The predicted octanol–water partition coefficient (Wildman–Crippen LogP) is 1.59. The number of nitrogens with zero attached hydrogens (tertiary/aromatic N) is 4. The summed E-state index contributed by atoms with van der Waals surface area (Å²) in [7, 11) is -4.18. The summed E-state index contributed by atoms with van der Waals surface area (Å²) < 4.78 is 65.9. The van der Waals surface area contributed by atoms with Gasteiger partial charge in [-0.15, -0.1) is 18.0 Å². The van der Waals surface area contributed by atoms with Gasteiger partial charge in [0.05, 0.1) is 0 Å². The third-order valence-corrected chi connectivity index (χ3v) is 5.22. The Morgan fingerprint density at radius 3 is 2.46 bits per heavy atom. The minimum Gasteiger partial charge on any atom is -0.395 e. The zero-order valence-corrected chi connectivity index (χ0v) is 13.0. The minimum absolute atomic E-state index is 0.0462. The molecular formula is C12H8F2N4O5S. The van der Waals surface area contributed by atoms with Gasteiger partial charge in [-0.2, -0.15) is 8.42 Å². The number of halogens is 2. The highest BCUT2D eigenvalue weighted by Crippen LogP contribution is 2.43. The molecule has 0 spiro atoms. The van der Waals surface area contributed by atoms with Crippen LogP contribution >= 0.6 is 0 Å². The molecule has 12 heteroatoms. The summed E-state index contributed by atoms with van der Waals surface area (Å²) in [5.41, 5.74) is 0.142. The van der Waals surface area contributed by atoms with Crippen molar-refractivity contribution >= 4 is 21.1 Å². The molecule has 0 saturated carbocycles. The first-order valence-electron chi connectivity index (χ1n) is 6.53. The first-order chi connectivity index (χ1) is 11.2. The van der Waals surface area contributed by atoms with Crippen LogP contribution in [0.2, 0.25) is 0 Å². The first-order valence-corrected chi connectivity index (χ1v) is 7.97. The second-order valence-electron chi connectivity index (χ2n) is 5.05. The van der Waals surface area contributed by atoms with Gasteiger partial charge in [0.2, 0.25) is 0 Å². The number of hydrogen-bond donors (Lipinski definition) is 0. The highest BCUT2D eigenvalue weighted by atomic mass is 32.2. The van der Waals surface area contributed by atoms with E-state index >= 15 is 0 Å². The van der Waals surface area contributed by atoms with Gasteiger partial charge in [-0.05, 0) is 13.8 Å². The Hall–Kier alpha value is -2.76. The standard InChI is InChI=1S/C12H8F2N4O5S/c1-5-11(6(2)23-16-5)24(19,20)18-8-4-10-9(3-7(8)15-17-18)21-12(13,14)22-10/h3-4H,1-2H3. The maximum atomic E-state index is 13.1. The van der Waals surface area contributed by atoms with Crippen LogP contribution in [-0.4, -0.2) is 34.3 Å². The summed E-state index contributed by atoms with van der Waals surface area (Å²) in [5.74, 6) is -0.497. The second kappa shape index (κ2) is 4.41. The van der Waals surface area contributed by atoms with Crippen LogP contribution in [0.25, 0.3) is 11.0 Å². The van der Waals surface area contributed by atoms with E-state index in [-0.39, 0.29) is 38.9 Å². The molecule has 0 bridgehead atoms. The van der Waals surface area contributed by atoms with Gasteiger partial charge in [0, 0.05) is 12.1 Å². The minimum atomic E-state index is -4.18. The van der Waals surface area contributed by atoms with E-state index in [4.69, 9.17) is 4.52 Å². The average molecular weight is 358 g/mol. The molecule has 0 saturated heterocycles. The van der Waals surface area contributed by atoms with E-state index in [9.17, 15) is 17.2 Å². The fraction of sp³-hybridized carbons (Fsp3) is 0.250. The van der Waals surface area contributed by atoms with Crippen molar-refractivity contribution in [2.75, 3.05) is 0 Å². The van der Waals surface area contributed by atoms with Crippen LogP contribution in [0.1, 0.15) is 11.5 Å². The fourth-order valence-electron chi connectivity index (χ4n) is 2.45. The van der Waals surface area contributed by atoms with E-state index < -0.39 is 16.3 Å². The zero-order chi connectivity index (χ0) is 17.3. The molecule has 126 valence electrons. The molecule has 0 fully saturated rings. The van der Waals surface area contributed by atoms with Gasteiger partial charge >= 0.3 is 6.29 Å². The van der Waals surface area contributed by atoms with Gasteiger partial charge in [0.15, 0.2) is 22.2 Å². The van der Waals surface area contributed by atoms with Crippen molar-refractivity contribution in [2.24, 2.45) is 0 Å². The molecular weight excluding hydrogens is 350 g/mol. The van der Waals surface area contributed by atoms with Gasteiger partial charge < -0.3 is 14.0 Å². The van der Waals surface area contributed by atoms with E-state index in [0.717, 1.165) is 12.1 Å². The van der Waals surface area contributed by atoms with Crippen molar-refractivity contribution in [3.8, 4) is 11.5 Å². The van der Waals surface area contributed by atoms with Crippen molar-refractivity contribution in [2.45, 2.75) is 25.0 Å². The van der Waals surface area contributed by atoms with Crippen LogP contribution in [0, 0.1) is 13.8 Å². The molecule has 3 aromatic rings. The van der Waals surface area contributed by atoms with Crippen molar-refractivity contribution in [1.82, 2.24) is 19.6 Å². The zero-order valence-electron chi connectivity index (χ0n) is 12.1. The summed E-state index contributed by atoms with van der Waals surface area (Å²) in [6.07, 6.45) is -3.82. The van der Waals surface area contributed by atoms with E-state index in [1.54, 1.807) is 0 Å². The molecule has 0 amide bonds. The van der Waals surface area contributed by atoms with Gasteiger partial charge in [-0.25, -0.2) is 0 Å². The SMILES string of the molecule is Cc1noc(C)c1S(=O)(=O)n1nnc2cc3c(cc21)OC(F)(F)O3. The van der Waals surface area contributed by atoms with E-state index in [2.05, 4.69) is 24.9 Å². The summed E-state index contributed by atoms with van der Waals surface area (Å²) in [5, 5.41) is 10.9. The van der Waals surface area contributed by atoms with Gasteiger partial charge in [-0.3, -0.25) is 0 Å². The van der Waals surface area contributed by atoms with E-state index in [1.807, 2.05) is 0 Å². The van der Waals surface area contributed by atoms with Crippen LogP contribution in [0.4, 0.5) is 8.78 Å². The Kier molecular flexibility index (Phi) is 2.72. The lowest BCUT2D eigenvalue weighted by Gasteiger charge is -2.04. The van der Waals surface area contributed by atoms with Gasteiger partial charge in [-0.1, -0.05) is 10.4 Å². The average Bonchev–Trinajstić information content (AvgIpc) is 3.10. The van der Waals surface area contributed by atoms with Crippen molar-refractivity contribution in [1.29, 1.82) is 0 Å². The molecule has 1 aromatic carbocycles. The van der Waals surface area contributed by atoms with E-state index in [0.29, 0.717) is 4.09 Å². The Bertz CT molecular complexity index is 1070. The quantitative estimate of drug-likeness (QED) is 0.679. The Balaban J connectivity index is 1.93. The molecule has 0 radical (unpaired) electrons. The Morgan fingerprint density at radius 1 is 1.17 bits per heavy atom. The summed E-state index contributed by atoms with van der Waals surface area (Å²) in [6, 6.07) is 2.19. The number of aryl methyl sites for hydroxylation is 2. The number of ether oxygens (including phenoxy) is 2. The highest BCUT2D eigenvalue weighted by Gasteiger charge is 2.44. The predicted molar refractivity (Wildman–Crippen MR) is 72.3 cm³/mol. The van der Waals surface area contributed by atoms with Crippen LogP contribution in [0.15, 0.2) is 21.6 Å². The number of rotatable bonds is 2. The second-order valence-corrected chi connectivity index (χ2v) is 6.75. The third-order valence-electron chi connectivity index (χ3n) is 3.39. The fourth-order valence-corrected chi connectivity index (χ4v) is 3.97. The molecule has 0 aliphatic carbocycles. The van der Waals surface area contributed by atoms with Crippen LogP contribution < -0.4 is 9.47 Å². The summed E-state index contributed by atoms with van der Waals surface area (Å²) in [6.45, 7) is 2.89. The van der Waals surface area contributed by atoms with Crippen LogP contribution in [0.3, 0.4) is 0 Å². The molecule has 2 aromatic heterocycles. The van der Waals surface area contributed by atoms with E-state index in [1.165, 1.54) is 13.8 Å². The number of benzene rings is 1. The molecule has 24 heavy (non-hydrogen) atoms. The molecule has 9 nitrogen and oxygen atoms in total. The number of fused-ring (bicyclic) bond motifs is 2. The summed E-state index contributed by atoms with van der Waals surface area (Å²) >= 11 is 0. The normalized spacial score (nSPS) is 16.0.